The monoisotopic (exact) mass is 338 g/mol. The van der Waals surface area contributed by atoms with E-state index in [0.717, 1.165) is 36.2 Å². The molecule has 0 unspecified atom stereocenters. The first-order chi connectivity index (χ1) is 12.1. The number of pyridine rings is 1. The molecule has 5 rings (SSSR count). The van der Waals surface area contributed by atoms with E-state index in [1.54, 1.807) is 4.57 Å². The second kappa shape index (κ2) is 5.31. The van der Waals surface area contributed by atoms with E-state index in [2.05, 4.69) is 10.2 Å². The maximum absolute atomic E-state index is 13.1. The van der Waals surface area contributed by atoms with Crippen molar-refractivity contribution >= 4 is 5.91 Å². The minimum absolute atomic E-state index is 0.132. The van der Waals surface area contributed by atoms with E-state index >= 15 is 0 Å². The molecule has 0 radical (unpaired) electrons. The van der Waals surface area contributed by atoms with Crippen LogP contribution < -0.4 is 5.56 Å². The van der Waals surface area contributed by atoms with Gasteiger partial charge in [-0.1, -0.05) is 0 Å². The summed E-state index contributed by atoms with van der Waals surface area (Å²) in [4.78, 5) is 27.8. The van der Waals surface area contributed by atoms with Crippen molar-refractivity contribution in [2.24, 2.45) is 0 Å². The molecule has 25 heavy (non-hydrogen) atoms. The van der Waals surface area contributed by atoms with E-state index in [9.17, 15) is 9.59 Å². The molecule has 0 bridgehead atoms. The second-order valence-electron chi connectivity index (χ2n) is 7.63. The van der Waals surface area contributed by atoms with Crippen molar-refractivity contribution in [2.75, 3.05) is 6.54 Å². The number of carbonyl (C=O) groups is 1. The number of fused-ring (bicyclic) bond motifs is 1. The van der Waals surface area contributed by atoms with Gasteiger partial charge in [-0.05, 0) is 44.2 Å². The highest BCUT2D eigenvalue weighted by atomic mass is 16.2. The van der Waals surface area contributed by atoms with Gasteiger partial charge in [0.2, 0.25) is 0 Å². The Morgan fingerprint density at radius 3 is 2.80 bits per heavy atom. The Labute approximate surface area is 145 Å². The van der Waals surface area contributed by atoms with Gasteiger partial charge in [0.1, 0.15) is 5.56 Å². The Morgan fingerprint density at radius 2 is 2.08 bits per heavy atom. The molecule has 130 valence electrons. The third-order valence-corrected chi connectivity index (χ3v) is 5.70. The van der Waals surface area contributed by atoms with Gasteiger partial charge >= 0.3 is 0 Å². The number of hydrogen-bond donors (Lipinski definition) is 1. The molecule has 0 saturated heterocycles. The maximum atomic E-state index is 13.1. The molecule has 2 fully saturated rings. The lowest BCUT2D eigenvalue weighted by Gasteiger charge is -2.27. The highest BCUT2D eigenvalue weighted by Crippen LogP contribution is 2.42. The lowest BCUT2D eigenvalue weighted by molar-refractivity contribution is 0.0730. The van der Waals surface area contributed by atoms with Crippen LogP contribution in [0.15, 0.2) is 17.1 Å². The van der Waals surface area contributed by atoms with Gasteiger partial charge in [0.15, 0.2) is 0 Å². The number of hydrogen-bond acceptors (Lipinski definition) is 3. The molecule has 6 nitrogen and oxygen atoms in total. The molecular formula is C19H22N4O2. The first kappa shape index (κ1) is 14.9. The van der Waals surface area contributed by atoms with Crippen molar-refractivity contribution in [3.63, 3.8) is 0 Å². The molecule has 2 saturated carbocycles. The lowest BCUT2D eigenvalue weighted by Crippen LogP contribution is -2.40. The molecule has 2 aromatic heterocycles. The van der Waals surface area contributed by atoms with E-state index in [-0.39, 0.29) is 17.5 Å². The smallest absolute Gasteiger partial charge is 0.263 e. The van der Waals surface area contributed by atoms with Crippen molar-refractivity contribution in [3.05, 3.63) is 50.7 Å². The molecule has 1 N–H and O–H groups in total. The van der Waals surface area contributed by atoms with Crippen molar-refractivity contribution in [1.29, 1.82) is 0 Å². The van der Waals surface area contributed by atoms with Gasteiger partial charge in [-0.25, -0.2) is 0 Å². The Hall–Kier alpha value is -2.37. The summed E-state index contributed by atoms with van der Waals surface area (Å²) in [6.07, 6.45) is 7.06. The highest BCUT2D eigenvalue weighted by Gasteiger charge is 2.34. The molecule has 1 aliphatic heterocycles. The number of aryl methyl sites for hydroxylation is 1. The highest BCUT2D eigenvalue weighted by molar-refractivity contribution is 5.95. The topological polar surface area (TPSA) is 71.0 Å². The second-order valence-corrected chi connectivity index (χ2v) is 7.63. The number of nitrogens with zero attached hydrogens (tertiary/aromatic N) is 3. The summed E-state index contributed by atoms with van der Waals surface area (Å²) in [5.41, 5.74) is 4.45. The first-order valence-corrected chi connectivity index (χ1v) is 9.20. The first-order valence-electron chi connectivity index (χ1n) is 9.20. The summed E-state index contributed by atoms with van der Waals surface area (Å²) in [7, 11) is 0. The van der Waals surface area contributed by atoms with Crippen LogP contribution in [0.1, 0.15) is 70.5 Å². The molecule has 0 aromatic carbocycles. The summed E-state index contributed by atoms with van der Waals surface area (Å²) < 4.78 is 1.74. The zero-order chi connectivity index (χ0) is 17.1. The van der Waals surface area contributed by atoms with Crippen LogP contribution in [0.25, 0.3) is 0 Å². The molecule has 3 aliphatic rings. The zero-order valence-electron chi connectivity index (χ0n) is 14.4. The molecule has 1 amide bonds. The van der Waals surface area contributed by atoms with Crippen molar-refractivity contribution < 1.29 is 4.79 Å². The van der Waals surface area contributed by atoms with E-state index in [0.29, 0.717) is 24.6 Å². The quantitative estimate of drug-likeness (QED) is 0.933. The Bertz CT molecular complexity index is 918. The van der Waals surface area contributed by atoms with Crippen LogP contribution in [0.5, 0.6) is 0 Å². The molecule has 0 atom stereocenters. The average molecular weight is 338 g/mol. The van der Waals surface area contributed by atoms with Crippen LogP contribution in [0.4, 0.5) is 0 Å². The van der Waals surface area contributed by atoms with E-state index in [1.165, 1.54) is 18.4 Å². The lowest BCUT2D eigenvalue weighted by atomic mass is 10.0. The molecule has 6 heteroatoms. The molecule has 3 heterocycles. The number of nitrogens with one attached hydrogen (secondary N) is 1. The van der Waals surface area contributed by atoms with Crippen molar-refractivity contribution in [2.45, 2.75) is 57.5 Å². The Kier molecular flexibility index (Phi) is 3.17. The molecular weight excluding hydrogens is 316 g/mol. The third kappa shape index (κ3) is 2.42. The van der Waals surface area contributed by atoms with Crippen molar-refractivity contribution in [1.82, 2.24) is 19.7 Å². The fourth-order valence-corrected chi connectivity index (χ4v) is 3.88. The largest absolute Gasteiger partial charge is 0.334 e. The number of aromatic amines is 1. The number of amides is 1. The average Bonchev–Trinajstić information content (AvgIpc) is 3.53. The van der Waals surface area contributed by atoms with Gasteiger partial charge in [0, 0.05) is 48.9 Å². The number of H-pyrrole nitrogens is 1. The van der Waals surface area contributed by atoms with E-state index in [4.69, 9.17) is 0 Å². The van der Waals surface area contributed by atoms with Crippen LogP contribution in [0.2, 0.25) is 0 Å². The van der Waals surface area contributed by atoms with Gasteiger partial charge < -0.3 is 9.47 Å². The predicted molar refractivity (Wildman–Crippen MR) is 92.7 cm³/mol. The van der Waals surface area contributed by atoms with Gasteiger partial charge in [-0.3, -0.25) is 14.7 Å². The Balaban J connectivity index is 1.48. The van der Waals surface area contributed by atoms with Gasteiger partial charge in [-0.2, -0.15) is 5.10 Å². The van der Waals surface area contributed by atoms with Crippen molar-refractivity contribution in [3.8, 4) is 0 Å². The van der Waals surface area contributed by atoms with Gasteiger partial charge in [-0.15, -0.1) is 0 Å². The standard InChI is InChI=1S/C19H22N4O2/c1-11-6-9-23(13-4-5-13)19(25)16(11)18(24)22-8-7-15-14(10-22)17(21-20-15)12-2-3-12/h6,9,12-13H,2-5,7-8,10H2,1H3,(H,20,21). The number of rotatable bonds is 3. The number of aromatic nitrogens is 3. The summed E-state index contributed by atoms with van der Waals surface area (Å²) in [6, 6.07) is 2.18. The van der Waals surface area contributed by atoms with E-state index < -0.39 is 0 Å². The van der Waals surface area contributed by atoms with Crippen LogP contribution in [-0.4, -0.2) is 32.1 Å². The van der Waals surface area contributed by atoms with Crippen LogP contribution >= 0.6 is 0 Å². The van der Waals surface area contributed by atoms with Crippen LogP contribution in [0.3, 0.4) is 0 Å². The zero-order valence-corrected chi connectivity index (χ0v) is 14.4. The normalized spacial score (nSPS) is 19.8. The number of carbonyl (C=O) groups excluding carboxylic acids is 1. The fourth-order valence-electron chi connectivity index (χ4n) is 3.88. The summed E-state index contributed by atoms with van der Waals surface area (Å²) in [5, 5.41) is 7.63. The summed E-state index contributed by atoms with van der Waals surface area (Å²) >= 11 is 0. The minimum atomic E-state index is -0.133. The summed E-state index contributed by atoms with van der Waals surface area (Å²) in [5.74, 6) is 0.423. The van der Waals surface area contributed by atoms with Gasteiger partial charge in [0.05, 0.1) is 5.69 Å². The van der Waals surface area contributed by atoms with Gasteiger partial charge in [0.25, 0.3) is 11.5 Å². The SMILES string of the molecule is Cc1ccn(C2CC2)c(=O)c1C(=O)N1CCc2[nH]nc(C3CC3)c2C1. The minimum Gasteiger partial charge on any atom is -0.334 e. The summed E-state index contributed by atoms with van der Waals surface area (Å²) in [6.45, 7) is 3.05. The Morgan fingerprint density at radius 1 is 1.28 bits per heavy atom. The van der Waals surface area contributed by atoms with E-state index in [1.807, 2.05) is 24.1 Å². The molecule has 0 spiro atoms. The predicted octanol–water partition coefficient (Wildman–Crippen LogP) is 2.29. The van der Waals surface area contributed by atoms with Crippen LogP contribution in [0, 0.1) is 6.92 Å². The molecule has 2 aromatic rings. The third-order valence-electron chi connectivity index (χ3n) is 5.70. The molecule has 2 aliphatic carbocycles. The fraction of sp³-hybridized carbons (Fsp3) is 0.526. The van der Waals surface area contributed by atoms with Crippen LogP contribution in [-0.2, 0) is 13.0 Å². The maximum Gasteiger partial charge on any atom is 0.263 e.